The maximum absolute atomic E-state index is 11.8. The van der Waals surface area contributed by atoms with Gasteiger partial charge < -0.3 is 0 Å². The Kier molecular flexibility index (Phi) is 5.11. The van der Waals surface area contributed by atoms with Crippen LogP contribution in [0, 0.1) is 0 Å². The minimum atomic E-state index is 0. The van der Waals surface area contributed by atoms with E-state index in [1.165, 1.54) is 0 Å². The van der Waals surface area contributed by atoms with Crippen LogP contribution >= 0.6 is 17.0 Å². The van der Waals surface area contributed by atoms with Gasteiger partial charge in [0.15, 0.2) is 5.78 Å². The van der Waals surface area contributed by atoms with E-state index in [9.17, 15) is 4.79 Å². The monoisotopic (exact) mass is 290 g/mol. The summed E-state index contributed by atoms with van der Waals surface area (Å²) in [6.07, 6.45) is 0.545. The maximum atomic E-state index is 11.8. The second kappa shape index (κ2) is 6.36. The fourth-order valence-electron chi connectivity index (χ4n) is 1.79. The first-order valence-corrected chi connectivity index (χ1v) is 5.50. The summed E-state index contributed by atoms with van der Waals surface area (Å²) in [5.41, 5.74) is 2.94. The zero-order valence-electron chi connectivity index (χ0n) is 9.72. The quantitative estimate of drug-likeness (QED) is 0.760. The summed E-state index contributed by atoms with van der Waals surface area (Å²) in [6, 6.07) is 17.8. The van der Waals surface area contributed by atoms with Gasteiger partial charge in [-0.25, -0.2) is 0 Å². The van der Waals surface area contributed by atoms with E-state index in [-0.39, 0.29) is 22.8 Å². The van der Waals surface area contributed by atoms with Gasteiger partial charge in [-0.1, -0.05) is 61.5 Å². The van der Waals surface area contributed by atoms with Crippen molar-refractivity contribution in [2.45, 2.75) is 13.3 Å². The summed E-state index contributed by atoms with van der Waals surface area (Å²) < 4.78 is 0. The SMILES string of the molecule is Br.CCC(=O)c1ccccc1-c1ccccc1. The highest BCUT2D eigenvalue weighted by Crippen LogP contribution is 2.24. The third-order valence-corrected chi connectivity index (χ3v) is 2.63. The number of ketones is 1. The number of carbonyl (C=O) groups excluding carboxylic acids is 1. The van der Waals surface area contributed by atoms with Crippen molar-refractivity contribution in [1.82, 2.24) is 0 Å². The number of halogens is 1. The highest BCUT2D eigenvalue weighted by Gasteiger charge is 2.09. The van der Waals surface area contributed by atoms with Gasteiger partial charge in [0.1, 0.15) is 0 Å². The second-order valence-corrected chi connectivity index (χ2v) is 3.69. The highest BCUT2D eigenvalue weighted by atomic mass is 79.9. The Morgan fingerprint density at radius 1 is 0.941 bits per heavy atom. The lowest BCUT2D eigenvalue weighted by molar-refractivity contribution is 0.0989. The summed E-state index contributed by atoms with van der Waals surface area (Å²) in [4.78, 5) is 11.8. The molecule has 0 heterocycles. The van der Waals surface area contributed by atoms with Gasteiger partial charge in [-0.05, 0) is 11.1 Å². The Morgan fingerprint density at radius 2 is 1.53 bits per heavy atom. The molecular formula is C15H15BrO. The lowest BCUT2D eigenvalue weighted by Gasteiger charge is -2.07. The molecule has 0 saturated carbocycles. The van der Waals surface area contributed by atoms with E-state index in [1.807, 2.05) is 61.5 Å². The van der Waals surface area contributed by atoms with Crippen LogP contribution in [-0.4, -0.2) is 5.78 Å². The van der Waals surface area contributed by atoms with Gasteiger partial charge in [0.2, 0.25) is 0 Å². The fourth-order valence-corrected chi connectivity index (χ4v) is 1.79. The molecule has 1 nitrogen and oxygen atoms in total. The molecule has 0 aliphatic heterocycles. The molecule has 0 aromatic heterocycles. The van der Waals surface area contributed by atoms with E-state index in [2.05, 4.69) is 0 Å². The Morgan fingerprint density at radius 3 is 2.18 bits per heavy atom. The van der Waals surface area contributed by atoms with Crippen LogP contribution in [0.25, 0.3) is 11.1 Å². The van der Waals surface area contributed by atoms with Crippen LogP contribution in [0.5, 0.6) is 0 Å². The molecular weight excluding hydrogens is 276 g/mol. The van der Waals surface area contributed by atoms with Crippen LogP contribution < -0.4 is 0 Å². The van der Waals surface area contributed by atoms with Crippen molar-refractivity contribution in [2.24, 2.45) is 0 Å². The van der Waals surface area contributed by atoms with Crippen molar-refractivity contribution < 1.29 is 4.79 Å². The molecule has 0 aliphatic rings. The molecule has 0 atom stereocenters. The number of rotatable bonds is 3. The van der Waals surface area contributed by atoms with E-state index in [0.29, 0.717) is 6.42 Å². The van der Waals surface area contributed by atoms with Crippen molar-refractivity contribution in [3.05, 3.63) is 60.2 Å². The Hall–Kier alpha value is -1.41. The molecule has 0 unspecified atom stereocenters. The molecule has 0 saturated heterocycles. The number of carbonyl (C=O) groups is 1. The summed E-state index contributed by atoms with van der Waals surface area (Å²) in [5.74, 6) is 0.194. The van der Waals surface area contributed by atoms with Crippen molar-refractivity contribution in [2.75, 3.05) is 0 Å². The highest BCUT2D eigenvalue weighted by molar-refractivity contribution is 8.93. The maximum Gasteiger partial charge on any atom is 0.163 e. The molecule has 0 N–H and O–H groups in total. The number of benzene rings is 2. The summed E-state index contributed by atoms with van der Waals surface area (Å²) in [5, 5.41) is 0. The summed E-state index contributed by atoms with van der Waals surface area (Å²) in [7, 11) is 0. The van der Waals surface area contributed by atoms with E-state index in [1.54, 1.807) is 0 Å². The van der Waals surface area contributed by atoms with E-state index >= 15 is 0 Å². The molecule has 2 heteroatoms. The molecule has 0 spiro atoms. The Labute approximate surface area is 112 Å². The van der Waals surface area contributed by atoms with Gasteiger partial charge >= 0.3 is 0 Å². The van der Waals surface area contributed by atoms with Gasteiger partial charge in [-0.3, -0.25) is 4.79 Å². The number of Topliss-reactive ketones (excluding diaryl/α,β-unsaturated/α-hetero) is 1. The standard InChI is InChI=1S/C15H14O.BrH/c1-2-15(16)14-11-7-6-10-13(14)12-8-4-3-5-9-12;/h3-11H,2H2,1H3;1H. The predicted molar refractivity (Wildman–Crippen MR) is 76.8 cm³/mol. The minimum absolute atomic E-state index is 0. The topological polar surface area (TPSA) is 17.1 Å². The average Bonchev–Trinajstić information content (AvgIpc) is 2.39. The molecule has 88 valence electrons. The van der Waals surface area contributed by atoms with E-state index < -0.39 is 0 Å². The summed E-state index contributed by atoms with van der Waals surface area (Å²) >= 11 is 0. The molecule has 2 rings (SSSR count). The van der Waals surface area contributed by atoms with Gasteiger partial charge in [0, 0.05) is 12.0 Å². The zero-order valence-corrected chi connectivity index (χ0v) is 11.4. The van der Waals surface area contributed by atoms with Gasteiger partial charge in [-0.2, -0.15) is 0 Å². The van der Waals surface area contributed by atoms with Crippen molar-refractivity contribution >= 4 is 22.8 Å². The zero-order chi connectivity index (χ0) is 11.4. The van der Waals surface area contributed by atoms with E-state index in [4.69, 9.17) is 0 Å². The van der Waals surface area contributed by atoms with Gasteiger partial charge in [-0.15, -0.1) is 17.0 Å². The third kappa shape index (κ3) is 3.04. The molecule has 2 aromatic carbocycles. The molecule has 2 aromatic rings. The third-order valence-electron chi connectivity index (χ3n) is 2.63. The fraction of sp³-hybridized carbons (Fsp3) is 0.133. The normalized spacial score (nSPS) is 9.47. The molecule has 0 bridgehead atoms. The van der Waals surface area contributed by atoms with Crippen molar-refractivity contribution in [3.63, 3.8) is 0 Å². The first kappa shape index (κ1) is 13.7. The van der Waals surface area contributed by atoms with Crippen LogP contribution in [0.4, 0.5) is 0 Å². The second-order valence-electron chi connectivity index (χ2n) is 3.69. The smallest absolute Gasteiger partial charge is 0.163 e. The lowest BCUT2D eigenvalue weighted by atomic mass is 9.96. The largest absolute Gasteiger partial charge is 0.294 e. The Balaban J connectivity index is 0.00000144. The molecule has 17 heavy (non-hydrogen) atoms. The van der Waals surface area contributed by atoms with Gasteiger partial charge in [0.05, 0.1) is 0 Å². The average molecular weight is 291 g/mol. The predicted octanol–water partition coefficient (Wildman–Crippen LogP) is 4.52. The van der Waals surface area contributed by atoms with Crippen LogP contribution in [-0.2, 0) is 0 Å². The number of hydrogen-bond acceptors (Lipinski definition) is 1. The van der Waals surface area contributed by atoms with Crippen LogP contribution in [0.15, 0.2) is 54.6 Å². The van der Waals surface area contributed by atoms with Gasteiger partial charge in [0.25, 0.3) is 0 Å². The first-order chi connectivity index (χ1) is 7.83. The van der Waals surface area contributed by atoms with E-state index in [0.717, 1.165) is 16.7 Å². The minimum Gasteiger partial charge on any atom is -0.294 e. The molecule has 0 amide bonds. The van der Waals surface area contributed by atoms with Crippen molar-refractivity contribution in [1.29, 1.82) is 0 Å². The first-order valence-electron chi connectivity index (χ1n) is 5.50. The lowest BCUT2D eigenvalue weighted by Crippen LogP contribution is -1.99. The van der Waals surface area contributed by atoms with Crippen LogP contribution in [0.3, 0.4) is 0 Å². The van der Waals surface area contributed by atoms with Crippen LogP contribution in [0.1, 0.15) is 23.7 Å². The number of hydrogen-bond donors (Lipinski definition) is 0. The summed E-state index contributed by atoms with van der Waals surface area (Å²) in [6.45, 7) is 1.89. The van der Waals surface area contributed by atoms with Crippen molar-refractivity contribution in [3.8, 4) is 11.1 Å². The molecule has 0 aliphatic carbocycles. The molecule has 0 fully saturated rings. The Bertz CT molecular complexity index is 491. The van der Waals surface area contributed by atoms with Crippen LogP contribution in [0.2, 0.25) is 0 Å². The molecule has 0 radical (unpaired) electrons.